The molecule has 0 aliphatic carbocycles. The first-order chi connectivity index (χ1) is 7.27. The Bertz CT molecular complexity index is 339. The maximum absolute atomic E-state index is 5.71. The fourth-order valence-electron chi connectivity index (χ4n) is 2.03. The summed E-state index contributed by atoms with van der Waals surface area (Å²) in [4.78, 5) is 0. The first-order valence-corrected chi connectivity index (χ1v) is 6.49. The highest BCUT2D eigenvalue weighted by atomic mass is 79.9. The van der Waals surface area contributed by atoms with E-state index in [2.05, 4.69) is 44.5 Å². The third kappa shape index (κ3) is 1.95. The molecule has 84 valence electrons. The second-order valence-electron chi connectivity index (χ2n) is 3.91. The third-order valence-corrected chi connectivity index (χ3v) is 3.44. The lowest BCUT2D eigenvalue weighted by Gasteiger charge is -2.15. The molecule has 2 atom stereocenters. The lowest BCUT2D eigenvalue weighted by molar-refractivity contribution is 0.0839. The number of ether oxygens (including phenoxy) is 1. The van der Waals surface area contributed by atoms with Crippen LogP contribution in [0.4, 0.5) is 0 Å². The van der Waals surface area contributed by atoms with E-state index in [9.17, 15) is 0 Å². The van der Waals surface area contributed by atoms with Crippen molar-refractivity contribution in [2.45, 2.75) is 38.2 Å². The van der Waals surface area contributed by atoms with Crippen molar-refractivity contribution in [3.05, 3.63) is 11.6 Å². The molecule has 2 heterocycles. The van der Waals surface area contributed by atoms with E-state index < -0.39 is 0 Å². The number of halogens is 1. The zero-order valence-corrected chi connectivity index (χ0v) is 10.7. The highest BCUT2D eigenvalue weighted by Gasteiger charge is 2.30. The van der Waals surface area contributed by atoms with Gasteiger partial charge in [-0.2, -0.15) is 0 Å². The molecule has 5 heteroatoms. The molecule has 1 aliphatic heterocycles. The molecular weight excluding hydrogens is 258 g/mol. The van der Waals surface area contributed by atoms with E-state index in [1.165, 1.54) is 0 Å². The summed E-state index contributed by atoms with van der Waals surface area (Å²) in [5.41, 5.74) is 0. The fraction of sp³-hybridized carbons (Fsp3) is 0.800. The van der Waals surface area contributed by atoms with Crippen LogP contribution >= 0.6 is 15.9 Å². The van der Waals surface area contributed by atoms with Crippen molar-refractivity contribution in [3.63, 3.8) is 0 Å². The van der Waals surface area contributed by atoms with Crippen molar-refractivity contribution in [2.24, 2.45) is 5.92 Å². The Hall–Kier alpha value is -0.420. The molecule has 0 saturated carbocycles. The summed E-state index contributed by atoms with van der Waals surface area (Å²) in [6, 6.07) is 0. The van der Waals surface area contributed by atoms with Gasteiger partial charge in [-0.15, -0.1) is 10.2 Å². The molecule has 1 aromatic rings. The Labute approximate surface area is 98.2 Å². The van der Waals surface area contributed by atoms with Gasteiger partial charge in [-0.1, -0.05) is 22.9 Å². The van der Waals surface area contributed by atoms with Crippen LogP contribution in [0.3, 0.4) is 0 Å². The van der Waals surface area contributed by atoms with Crippen molar-refractivity contribution in [2.75, 3.05) is 6.61 Å². The van der Waals surface area contributed by atoms with Gasteiger partial charge in [0.25, 0.3) is 0 Å². The van der Waals surface area contributed by atoms with Gasteiger partial charge in [0, 0.05) is 13.2 Å². The molecule has 0 radical (unpaired) electrons. The van der Waals surface area contributed by atoms with Crippen LogP contribution in [0, 0.1) is 5.92 Å². The number of hydrogen-bond acceptors (Lipinski definition) is 3. The predicted octanol–water partition coefficient (Wildman–Crippen LogP) is 2.29. The van der Waals surface area contributed by atoms with Crippen molar-refractivity contribution >= 4 is 15.9 Å². The Balaban J connectivity index is 2.30. The van der Waals surface area contributed by atoms with Gasteiger partial charge in [-0.05, 0) is 19.3 Å². The Morgan fingerprint density at radius 2 is 2.33 bits per heavy atom. The summed E-state index contributed by atoms with van der Waals surface area (Å²) in [6.07, 6.45) is 1.25. The third-order valence-electron chi connectivity index (χ3n) is 2.93. The molecule has 0 bridgehead atoms. The lowest BCUT2D eigenvalue weighted by atomic mass is 10.0. The number of nitrogens with zero attached hydrogens (tertiary/aromatic N) is 3. The average molecular weight is 274 g/mol. The Morgan fingerprint density at radius 1 is 1.53 bits per heavy atom. The summed E-state index contributed by atoms with van der Waals surface area (Å²) >= 11 is 3.42. The molecular formula is C10H16BrN3O. The molecule has 1 aliphatic rings. The fourth-order valence-corrected chi connectivity index (χ4v) is 2.44. The molecule has 2 rings (SSSR count). The van der Waals surface area contributed by atoms with Gasteiger partial charge in [-0.3, -0.25) is 0 Å². The second kappa shape index (κ2) is 4.61. The molecule has 0 spiro atoms. The van der Waals surface area contributed by atoms with E-state index in [-0.39, 0.29) is 6.10 Å². The van der Waals surface area contributed by atoms with Gasteiger partial charge in [0.15, 0.2) is 5.82 Å². The van der Waals surface area contributed by atoms with Crippen LogP contribution in [0.2, 0.25) is 0 Å². The number of alkyl halides is 1. The van der Waals surface area contributed by atoms with Gasteiger partial charge < -0.3 is 9.30 Å². The van der Waals surface area contributed by atoms with E-state index in [1.807, 2.05) is 0 Å². The van der Waals surface area contributed by atoms with Crippen LogP contribution in [-0.2, 0) is 16.6 Å². The molecule has 15 heavy (non-hydrogen) atoms. The van der Waals surface area contributed by atoms with E-state index in [4.69, 9.17) is 4.74 Å². The lowest BCUT2D eigenvalue weighted by Crippen LogP contribution is -2.13. The molecule has 0 N–H and O–H groups in total. The van der Waals surface area contributed by atoms with Gasteiger partial charge >= 0.3 is 0 Å². The first kappa shape index (κ1) is 11.1. The molecule has 2 unspecified atom stereocenters. The zero-order chi connectivity index (χ0) is 10.8. The largest absolute Gasteiger partial charge is 0.370 e. The van der Waals surface area contributed by atoms with Crippen molar-refractivity contribution in [1.29, 1.82) is 0 Å². The van der Waals surface area contributed by atoms with E-state index >= 15 is 0 Å². The van der Waals surface area contributed by atoms with Crippen LogP contribution in [0.5, 0.6) is 0 Å². The van der Waals surface area contributed by atoms with Gasteiger partial charge in [0.05, 0.1) is 5.33 Å². The maximum Gasteiger partial charge on any atom is 0.162 e. The number of hydrogen-bond donors (Lipinski definition) is 0. The SMILES string of the molecule is CCn1c(CBr)nnc1C1OCCC1C. The summed E-state index contributed by atoms with van der Waals surface area (Å²) < 4.78 is 7.85. The topological polar surface area (TPSA) is 39.9 Å². The summed E-state index contributed by atoms with van der Waals surface area (Å²) in [6.45, 7) is 6.06. The monoisotopic (exact) mass is 273 g/mol. The first-order valence-electron chi connectivity index (χ1n) is 5.37. The summed E-state index contributed by atoms with van der Waals surface area (Å²) in [7, 11) is 0. The average Bonchev–Trinajstić information content (AvgIpc) is 2.82. The van der Waals surface area contributed by atoms with Crippen molar-refractivity contribution in [1.82, 2.24) is 14.8 Å². The van der Waals surface area contributed by atoms with E-state index in [1.54, 1.807) is 0 Å². The van der Waals surface area contributed by atoms with Crippen molar-refractivity contribution in [3.8, 4) is 0 Å². The van der Waals surface area contributed by atoms with Crippen LogP contribution in [0.1, 0.15) is 38.0 Å². The van der Waals surface area contributed by atoms with Gasteiger partial charge in [0.2, 0.25) is 0 Å². The van der Waals surface area contributed by atoms with E-state index in [0.717, 1.165) is 36.6 Å². The minimum absolute atomic E-state index is 0.130. The number of rotatable bonds is 3. The number of aromatic nitrogens is 3. The highest BCUT2D eigenvalue weighted by molar-refractivity contribution is 9.08. The van der Waals surface area contributed by atoms with Crippen molar-refractivity contribution < 1.29 is 4.74 Å². The normalized spacial score (nSPS) is 26.1. The molecule has 1 fully saturated rings. The van der Waals surface area contributed by atoms with E-state index in [0.29, 0.717) is 5.92 Å². The quantitative estimate of drug-likeness (QED) is 0.794. The van der Waals surface area contributed by atoms with Crippen LogP contribution in [0.25, 0.3) is 0 Å². The molecule has 1 aromatic heterocycles. The van der Waals surface area contributed by atoms with Gasteiger partial charge in [0.1, 0.15) is 11.9 Å². The van der Waals surface area contributed by atoms with Gasteiger partial charge in [-0.25, -0.2) is 0 Å². The van der Waals surface area contributed by atoms with Crippen LogP contribution in [-0.4, -0.2) is 21.4 Å². The Kier molecular flexibility index (Phi) is 3.41. The van der Waals surface area contributed by atoms with Crippen LogP contribution in [0.15, 0.2) is 0 Å². The summed E-state index contributed by atoms with van der Waals surface area (Å²) in [5.74, 6) is 2.51. The van der Waals surface area contributed by atoms with Crippen LogP contribution < -0.4 is 0 Å². The summed E-state index contributed by atoms with van der Waals surface area (Å²) in [5, 5.41) is 9.16. The molecule has 1 saturated heterocycles. The molecule has 0 aromatic carbocycles. The Morgan fingerprint density at radius 3 is 2.87 bits per heavy atom. The second-order valence-corrected chi connectivity index (χ2v) is 4.47. The maximum atomic E-state index is 5.71. The zero-order valence-electron chi connectivity index (χ0n) is 9.11. The highest BCUT2D eigenvalue weighted by Crippen LogP contribution is 2.33. The molecule has 4 nitrogen and oxygen atoms in total. The standard InChI is InChI=1S/C10H16BrN3O/c1-3-14-8(6-11)12-13-10(14)9-7(2)4-5-15-9/h7,9H,3-6H2,1-2H3. The minimum Gasteiger partial charge on any atom is -0.370 e. The smallest absolute Gasteiger partial charge is 0.162 e. The minimum atomic E-state index is 0.130. The molecule has 0 amide bonds. The predicted molar refractivity (Wildman–Crippen MR) is 60.8 cm³/mol.